The molecule has 0 saturated heterocycles. The SMILES string of the molecule is CC(C)C(O)/C=C/c1ccc2c(c1)OCO2. The summed E-state index contributed by atoms with van der Waals surface area (Å²) in [6.45, 7) is 4.25. The maximum atomic E-state index is 9.64. The summed E-state index contributed by atoms with van der Waals surface area (Å²) in [7, 11) is 0. The summed E-state index contributed by atoms with van der Waals surface area (Å²) < 4.78 is 10.5. The van der Waals surface area contributed by atoms with E-state index in [9.17, 15) is 5.11 Å². The summed E-state index contributed by atoms with van der Waals surface area (Å²) in [5.74, 6) is 1.77. The molecule has 0 aliphatic carbocycles. The number of ether oxygens (including phenoxy) is 2. The van der Waals surface area contributed by atoms with Crippen LogP contribution in [0.4, 0.5) is 0 Å². The number of aliphatic hydroxyl groups is 1. The van der Waals surface area contributed by atoms with Gasteiger partial charge in [0.1, 0.15) is 0 Å². The maximum absolute atomic E-state index is 9.64. The van der Waals surface area contributed by atoms with Crippen LogP contribution in [0.5, 0.6) is 11.5 Å². The van der Waals surface area contributed by atoms with Crippen molar-refractivity contribution in [3.63, 3.8) is 0 Å². The van der Waals surface area contributed by atoms with Crippen molar-refractivity contribution < 1.29 is 14.6 Å². The molecule has 86 valence electrons. The fourth-order valence-corrected chi connectivity index (χ4v) is 1.45. The molecule has 1 aromatic carbocycles. The van der Waals surface area contributed by atoms with E-state index in [0.29, 0.717) is 0 Å². The van der Waals surface area contributed by atoms with E-state index < -0.39 is 6.10 Å². The Kier molecular flexibility index (Phi) is 3.15. The minimum Gasteiger partial charge on any atom is -0.454 e. The van der Waals surface area contributed by atoms with E-state index in [1.54, 1.807) is 6.08 Å². The highest BCUT2D eigenvalue weighted by molar-refractivity contribution is 5.56. The predicted octanol–water partition coefficient (Wildman–Crippen LogP) is 2.45. The second-order valence-electron chi connectivity index (χ2n) is 4.21. The topological polar surface area (TPSA) is 38.7 Å². The van der Waals surface area contributed by atoms with Crippen molar-refractivity contribution in [2.45, 2.75) is 20.0 Å². The van der Waals surface area contributed by atoms with Gasteiger partial charge in [-0.05, 0) is 23.6 Å². The van der Waals surface area contributed by atoms with Gasteiger partial charge in [-0.2, -0.15) is 0 Å². The Bertz CT molecular complexity index is 396. The second kappa shape index (κ2) is 4.58. The average molecular weight is 220 g/mol. The van der Waals surface area contributed by atoms with Gasteiger partial charge >= 0.3 is 0 Å². The zero-order valence-corrected chi connectivity index (χ0v) is 9.51. The first-order valence-corrected chi connectivity index (χ1v) is 5.43. The number of aliphatic hydroxyl groups excluding tert-OH is 1. The fourth-order valence-electron chi connectivity index (χ4n) is 1.45. The predicted molar refractivity (Wildman–Crippen MR) is 62.4 cm³/mol. The lowest BCUT2D eigenvalue weighted by Gasteiger charge is -2.08. The Balaban J connectivity index is 2.11. The lowest BCUT2D eigenvalue weighted by atomic mass is 10.1. The van der Waals surface area contributed by atoms with Crippen LogP contribution in [0.25, 0.3) is 6.08 Å². The third kappa shape index (κ3) is 2.36. The van der Waals surface area contributed by atoms with Gasteiger partial charge in [0.05, 0.1) is 6.10 Å². The van der Waals surface area contributed by atoms with Crippen molar-refractivity contribution in [2.75, 3.05) is 6.79 Å². The molecule has 1 aliphatic heterocycles. The summed E-state index contributed by atoms with van der Waals surface area (Å²) in [4.78, 5) is 0. The zero-order valence-electron chi connectivity index (χ0n) is 9.51. The molecular formula is C13H16O3. The molecule has 0 bridgehead atoms. The highest BCUT2D eigenvalue weighted by atomic mass is 16.7. The molecule has 3 heteroatoms. The fraction of sp³-hybridized carbons (Fsp3) is 0.385. The van der Waals surface area contributed by atoms with Gasteiger partial charge in [0.25, 0.3) is 0 Å². The molecule has 1 aromatic rings. The number of hydrogen-bond acceptors (Lipinski definition) is 3. The van der Waals surface area contributed by atoms with Crippen LogP contribution in [-0.4, -0.2) is 18.0 Å². The molecule has 0 radical (unpaired) electrons. The lowest BCUT2D eigenvalue weighted by molar-refractivity contribution is 0.173. The van der Waals surface area contributed by atoms with Gasteiger partial charge in [0.15, 0.2) is 11.5 Å². The van der Waals surface area contributed by atoms with Crippen molar-refractivity contribution in [1.82, 2.24) is 0 Å². The third-order valence-corrected chi connectivity index (χ3v) is 2.57. The molecule has 1 atom stereocenters. The van der Waals surface area contributed by atoms with Crippen LogP contribution in [0.2, 0.25) is 0 Å². The average Bonchev–Trinajstić information content (AvgIpc) is 2.72. The largest absolute Gasteiger partial charge is 0.454 e. The van der Waals surface area contributed by atoms with Gasteiger partial charge < -0.3 is 14.6 Å². The van der Waals surface area contributed by atoms with Crippen molar-refractivity contribution in [3.05, 3.63) is 29.8 Å². The van der Waals surface area contributed by atoms with Crippen LogP contribution in [0, 0.1) is 5.92 Å². The van der Waals surface area contributed by atoms with E-state index in [1.807, 2.05) is 38.1 Å². The number of benzene rings is 1. The van der Waals surface area contributed by atoms with E-state index in [4.69, 9.17) is 9.47 Å². The zero-order chi connectivity index (χ0) is 11.5. The highest BCUT2D eigenvalue weighted by Gasteiger charge is 2.12. The summed E-state index contributed by atoms with van der Waals surface area (Å²) in [6.07, 6.45) is 3.28. The second-order valence-corrected chi connectivity index (χ2v) is 4.21. The minimum absolute atomic E-state index is 0.227. The number of hydrogen-bond donors (Lipinski definition) is 1. The van der Waals surface area contributed by atoms with Crippen LogP contribution in [0.15, 0.2) is 24.3 Å². The van der Waals surface area contributed by atoms with Crippen molar-refractivity contribution >= 4 is 6.08 Å². The Labute approximate surface area is 95.3 Å². The summed E-state index contributed by atoms with van der Waals surface area (Å²) in [6, 6.07) is 5.73. The van der Waals surface area contributed by atoms with E-state index in [2.05, 4.69) is 0 Å². The highest BCUT2D eigenvalue weighted by Crippen LogP contribution is 2.32. The van der Waals surface area contributed by atoms with Gasteiger partial charge in [0, 0.05) is 0 Å². The van der Waals surface area contributed by atoms with E-state index >= 15 is 0 Å². The molecule has 0 fully saturated rings. The molecular weight excluding hydrogens is 204 g/mol. The molecule has 0 aromatic heterocycles. The first kappa shape index (κ1) is 11.0. The number of fused-ring (bicyclic) bond motifs is 1. The molecule has 1 aliphatic rings. The van der Waals surface area contributed by atoms with Crippen molar-refractivity contribution in [1.29, 1.82) is 0 Å². The standard InChI is InChI=1S/C13H16O3/c1-9(2)11(14)5-3-10-4-6-12-13(7-10)16-8-15-12/h3-7,9,11,14H,8H2,1-2H3/b5-3+. The molecule has 0 saturated carbocycles. The van der Waals surface area contributed by atoms with Crippen molar-refractivity contribution in [2.24, 2.45) is 5.92 Å². The minimum atomic E-state index is -0.412. The molecule has 16 heavy (non-hydrogen) atoms. The lowest BCUT2D eigenvalue weighted by Crippen LogP contribution is -2.10. The van der Waals surface area contributed by atoms with E-state index in [-0.39, 0.29) is 12.7 Å². The first-order chi connectivity index (χ1) is 7.66. The smallest absolute Gasteiger partial charge is 0.231 e. The van der Waals surface area contributed by atoms with Crippen LogP contribution in [0.3, 0.4) is 0 Å². The molecule has 1 heterocycles. The van der Waals surface area contributed by atoms with Gasteiger partial charge in [-0.25, -0.2) is 0 Å². The van der Waals surface area contributed by atoms with E-state index in [0.717, 1.165) is 17.1 Å². The quantitative estimate of drug-likeness (QED) is 0.850. The van der Waals surface area contributed by atoms with Gasteiger partial charge in [-0.3, -0.25) is 0 Å². The van der Waals surface area contributed by atoms with Gasteiger partial charge in [0.2, 0.25) is 6.79 Å². The first-order valence-electron chi connectivity index (χ1n) is 5.43. The van der Waals surface area contributed by atoms with E-state index in [1.165, 1.54) is 0 Å². The van der Waals surface area contributed by atoms with Gasteiger partial charge in [-0.15, -0.1) is 0 Å². The third-order valence-electron chi connectivity index (χ3n) is 2.57. The Hall–Kier alpha value is -1.48. The Morgan fingerprint density at radius 1 is 1.25 bits per heavy atom. The monoisotopic (exact) mass is 220 g/mol. The summed E-state index contributed by atoms with van der Waals surface area (Å²) in [5.41, 5.74) is 1.00. The van der Waals surface area contributed by atoms with Crippen LogP contribution in [0.1, 0.15) is 19.4 Å². The van der Waals surface area contributed by atoms with Crippen LogP contribution < -0.4 is 9.47 Å². The molecule has 0 spiro atoms. The van der Waals surface area contributed by atoms with Crippen molar-refractivity contribution in [3.8, 4) is 11.5 Å². The maximum Gasteiger partial charge on any atom is 0.231 e. The van der Waals surface area contributed by atoms with Crippen LogP contribution >= 0.6 is 0 Å². The molecule has 2 rings (SSSR count). The summed E-state index contributed by atoms with van der Waals surface area (Å²) >= 11 is 0. The molecule has 1 unspecified atom stereocenters. The Morgan fingerprint density at radius 2 is 2.00 bits per heavy atom. The molecule has 3 nitrogen and oxygen atoms in total. The Morgan fingerprint density at radius 3 is 2.75 bits per heavy atom. The summed E-state index contributed by atoms with van der Waals surface area (Å²) in [5, 5.41) is 9.64. The van der Waals surface area contributed by atoms with Gasteiger partial charge in [-0.1, -0.05) is 32.1 Å². The number of rotatable bonds is 3. The normalized spacial score (nSPS) is 16.0. The van der Waals surface area contributed by atoms with Crippen LogP contribution in [-0.2, 0) is 0 Å². The molecule has 1 N–H and O–H groups in total. The molecule has 0 amide bonds.